The van der Waals surface area contributed by atoms with E-state index in [9.17, 15) is 0 Å². The number of rotatable bonds is 12. The van der Waals surface area contributed by atoms with Crippen molar-refractivity contribution >= 4 is 11.9 Å². The molecule has 2 heteroatoms. The summed E-state index contributed by atoms with van der Waals surface area (Å²) in [5.41, 5.74) is 3.46. The van der Waals surface area contributed by atoms with Crippen LogP contribution in [0.4, 0.5) is 5.69 Å². The average Bonchev–Trinajstić information content (AvgIpc) is 2.68. The Kier molecular flexibility index (Phi) is 9.56. The van der Waals surface area contributed by atoms with Crippen LogP contribution in [0.5, 0.6) is 5.75 Å². The van der Waals surface area contributed by atoms with E-state index >= 15 is 0 Å². The number of nitrogens with zero attached hydrogens (tertiary/aromatic N) is 1. The first-order chi connectivity index (χ1) is 12.8. The maximum Gasteiger partial charge on any atom is 0.119 e. The van der Waals surface area contributed by atoms with Gasteiger partial charge in [0.05, 0.1) is 12.3 Å². The molecule has 140 valence electrons. The Balaban J connectivity index is 1.72. The van der Waals surface area contributed by atoms with E-state index < -0.39 is 0 Å². The number of aliphatic imine (C=N–C) groups is 1. The number of ether oxygens (including phenoxy) is 1. The van der Waals surface area contributed by atoms with Crippen molar-refractivity contribution in [2.45, 2.75) is 65.2 Å². The zero-order valence-corrected chi connectivity index (χ0v) is 16.4. The van der Waals surface area contributed by atoms with Crippen molar-refractivity contribution in [3.05, 3.63) is 59.7 Å². The lowest BCUT2D eigenvalue weighted by molar-refractivity contribution is 0.304. The summed E-state index contributed by atoms with van der Waals surface area (Å²) in [5.74, 6) is 0.944. The van der Waals surface area contributed by atoms with Gasteiger partial charge in [-0.3, -0.25) is 4.99 Å². The molecule has 0 atom stereocenters. The van der Waals surface area contributed by atoms with Crippen LogP contribution in [-0.4, -0.2) is 12.8 Å². The average molecular weight is 352 g/mol. The van der Waals surface area contributed by atoms with E-state index in [4.69, 9.17) is 4.74 Å². The van der Waals surface area contributed by atoms with Crippen LogP contribution in [0.3, 0.4) is 0 Å². The fraction of sp³-hybridized carbons (Fsp3) is 0.458. The lowest BCUT2D eigenvalue weighted by Crippen LogP contribution is -1.97. The Bertz CT molecular complexity index is 628. The molecule has 2 rings (SSSR count). The molecular formula is C24H33NO. The van der Waals surface area contributed by atoms with E-state index in [1.807, 2.05) is 18.3 Å². The van der Waals surface area contributed by atoms with Gasteiger partial charge in [0.25, 0.3) is 0 Å². The minimum Gasteiger partial charge on any atom is -0.494 e. The summed E-state index contributed by atoms with van der Waals surface area (Å²) in [6.07, 6.45) is 12.0. The summed E-state index contributed by atoms with van der Waals surface area (Å²) in [6.45, 7) is 5.26. The highest BCUT2D eigenvalue weighted by atomic mass is 16.5. The van der Waals surface area contributed by atoms with E-state index in [0.29, 0.717) is 0 Å². The van der Waals surface area contributed by atoms with Gasteiger partial charge in [0.15, 0.2) is 0 Å². The van der Waals surface area contributed by atoms with Gasteiger partial charge < -0.3 is 4.74 Å². The van der Waals surface area contributed by atoms with Crippen LogP contribution in [0.2, 0.25) is 0 Å². The molecule has 26 heavy (non-hydrogen) atoms. The zero-order chi connectivity index (χ0) is 18.5. The van der Waals surface area contributed by atoms with E-state index in [0.717, 1.165) is 36.4 Å². The van der Waals surface area contributed by atoms with Crippen molar-refractivity contribution in [3.63, 3.8) is 0 Å². The van der Waals surface area contributed by atoms with Gasteiger partial charge in [-0.1, -0.05) is 64.5 Å². The molecule has 2 aromatic carbocycles. The van der Waals surface area contributed by atoms with Gasteiger partial charge in [0.2, 0.25) is 0 Å². The van der Waals surface area contributed by atoms with E-state index in [-0.39, 0.29) is 0 Å². The van der Waals surface area contributed by atoms with Crippen molar-refractivity contribution < 1.29 is 4.74 Å². The molecule has 2 nitrogen and oxygen atoms in total. The molecule has 0 radical (unpaired) electrons. The van der Waals surface area contributed by atoms with Crippen molar-refractivity contribution in [3.8, 4) is 5.75 Å². The first-order valence-corrected chi connectivity index (χ1v) is 10.2. The molecule has 0 aliphatic rings. The minimum atomic E-state index is 0.809. The van der Waals surface area contributed by atoms with E-state index in [2.05, 4.69) is 55.2 Å². The molecule has 0 bridgehead atoms. The van der Waals surface area contributed by atoms with Gasteiger partial charge in [-0.2, -0.15) is 0 Å². The second-order valence-electron chi connectivity index (χ2n) is 6.86. The smallest absolute Gasteiger partial charge is 0.119 e. The maximum atomic E-state index is 5.82. The van der Waals surface area contributed by atoms with Crippen LogP contribution < -0.4 is 4.74 Å². The number of unbranched alkanes of at least 4 members (excludes halogenated alkanes) is 5. The number of hydrogen-bond donors (Lipinski definition) is 0. The summed E-state index contributed by atoms with van der Waals surface area (Å²) < 4.78 is 5.82. The molecule has 0 fully saturated rings. The van der Waals surface area contributed by atoms with Crippen molar-refractivity contribution in [2.24, 2.45) is 4.99 Å². The molecule has 0 spiro atoms. The zero-order valence-electron chi connectivity index (χ0n) is 16.4. The lowest BCUT2D eigenvalue weighted by atomic mass is 10.1. The molecular weight excluding hydrogens is 318 g/mol. The Morgan fingerprint density at radius 3 is 2.15 bits per heavy atom. The Hall–Kier alpha value is -2.09. The molecule has 2 aromatic rings. The van der Waals surface area contributed by atoms with Crippen LogP contribution in [0.15, 0.2) is 53.5 Å². The highest BCUT2D eigenvalue weighted by molar-refractivity contribution is 5.82. The molecule has 0 aromatic heterocycles. The van der Waals surface area contributed by atoms with Gasteiger partial charge in [-0.15, -0.1) is 0 Å². The van der Waals surface area contributed by atoms with Crippen molar-refractivity contribution in [1.29, 1.82) is 0 Å². The Morgan fingerprint density at radius 2 is 1.46 bits per heavy atom. The predicted molar refractivity (Wildman–Crippen MR) is 113 cm³/mol. The normalized spacial score (nSPS) is 11.2. The molecule has 0 unspecified atom stereocenters. The Labute approximate surface area is 159 Å². The number of aryl methyl sites for hydroxylation is 1. The third-order valence-electron chi connectivity index (χ3n) is 4.48. The fourth-order valence-electron chi connectivity index (χ4n) is 2.91. The quantitative estimate of drug-likeness (QED) is 0.294. The molecule has 0 amide bonds. The highest BCUT2D eigenvalue weighted by Gasteiger charge is 1.96. The van der Waals surface area contributed by atoms with Gasteiger partial charge in [0.1, 0.15) is 5.75 Å². The minimum absolute atomic E-state index is 0.809. The van der Waals surface area contributed by atoms with E-state index in [1.54, 1.807) is 0 Å². The van der Waals surface area contributed by atoms with E-state index in [1.165, 1.54) is 44.1 Å². The molecule has 0 aliphatic heterocycles. The molecule has 0 saturated heterocycles. The fourth-order valence-corrected chi connectivity index (χ4v) is 2.91. The van der Waals surface area contributed by atoms with Crippen molar-refractivity contribution in [2.75, 3.05) is 6.61 Å². The summed E-state index contributed by atoms with van der Waals surface area (Å²) in [4.78, 5) is 4.55. The van der Waals surface area contributed by atoms with Crippen molar-refractivity contribution in [1.82, 2.24) is 0 Å². The predicted octanol–water partition coefficient (Wildman–Crippen LogP) is 7.13. The second kappa shape index (κ2) is 12.3. The van der Waals surface area contributed by atoms with Crippen LogP contribution in [0, 0.1) is 0 Å². The summed E-state index contributed by atoms with van der Waals surface area (Å²) >= 11 is 0. The van der Waals surface area contributed by atoms with Crippen LogP contribution in [-0.2, 0) is 6.42 Å². The second-order valence-corrected chi connectivity index (χ2v) is 6.86. The molecule has 0 heterocycles. The summed E-state index contributed by atoms with van der Waals surface area (Å²) in [6, 6.07) is 16.7. The third-order valence-corrected chi connectivity index (χ3v) is 4.48. The number of benzene rings is 2. The van der Waals surface area contributed by atoms with Gasteiger partial charge >= 0.3 is 0 Å². The van der Waals surface area contributed by atoms with Crippen LogP contribution in [0.1, 0.15) is 69.9 Å². The maximum absolute atomic E-state index is 5.82. The van der Waals surface area contributed by atoms with Crippen LogP contribution >= 0.6 is 0 Å². The lowest BCUT2D eigenvalue weighted by Gasteiger charge is -2.06. The standard InChI is InChI=1S/C24H33NO/c1-3-5-6-7-8-9-19-26-24-17-13-22(14-18-24)20-25-23-15-11-21(10-4-2)12-16-23/h11-18,20H,3-10,19H2,1-2H3. The molecule has 0 N–H and O–H groups in total. The first kappa shape index (κ1) is 20.2. The first-order valence-electron chi connectivity index (χ1n) is 10.2. The van der Waals surface area contributed by atoms with Gasteiger partial charge in [-0.05, 0) is 60.4 Å². The third kappa shape index (κ3) is 7.86. The summed E-state index contributed by atoms with van der Waals surface area (Å²) in [7, 11) is 0. The molecule has 0 aliphatic carbocycles. The SMILES string of the molecule is CCCCCCCCOc1ccc(C=Nc2ccc(CCC)cc2)cc1. The topological polar surface area (TPSA) is 21.6 Å². The summed E-state index contributed by atoms with van der Waals surface area (Å²) in [5, 5.41) is 0. The highest BCUT2D eigenvalue weighted by Crippen LogP contribution is 2.16. The monoisotopic (exact) mass is 351 g/mol. The van der Waals surface area contributed by atoms with Crippen LogP contribution in [0.25, 0.3) is 0 Å². The largest absolute Gasteiger partial charge is 0.494 e. The number of hydrogen-bond acceptors (Lipinski definition) is 2. The Morgan fingerprint density at radius 1 is 0.769 bits per heavy atom. The molecule has 0 saturated carbocycles. The van der Waals surface area contributed by atoms with Gasteiger partial charge in [0, 0.05) is 6.21 Å². The van der Waals surface area contributed by atoms with Gasteiger partial charge in [-0.25, -0.2) is 0 Å².